The number of hydrogen-bond acceptors (Lipinski definition) is 2. The monoisotopic (exact) mass is 410 g/mol. The predicted molar refractivity (Wildman–Crippen MR) is 128 cm³/mol. The maximum atomic E-state index is 11.8. The Bertz CT molecular complexity index is 324. The van der Waals surface area contributed by atoms with E-state index in [1.54, 1.807) is 0 Å². The van der Waals surface area contributed by atoms with Crippen LogP contribution in [0.3, 0.4) is 0 Å². The molecule has 0 aliphatic rings. The summed E-state index contributed by atoms with van der Waals surface area (Å²) in [5.41, 5.74) is 0. The van der Waals surface area contributed by atoms with E-state index in [4.69, 9.17) is 4.74 Å². The first kappa shape index (κ1) is 28.5. The maximum absolute atomic E-state index is 11.8. The van der Waals surface area contributed by atoms with Crippen LogP contribution in [0.25, 0.3) is 0 Å². The molecule has 0 aromatic rings. The van der Waals surface area contributed by atoms with E-state index in [1.165, 1.54) is 116 Å². The Kier molecular flexibility index (Phi) is 23.3. The third kappa shape index (κ3) is 25.4. The predicted octanol–water partition coefficient (Wildman–Crippen LogP) is 9.40. The van der Waals surface area contributed by atoms with Crippen molar-refractivity contribution in [3.05, 3.63) is 0 Å². The second-order valence-electron chi connectivity index (χ2n) is 9.52. The Morgan fingerprint density at radius 3 is 1.48 bits per heavy atom. The molecule has 0 aliphatic heterocycles. The van der Waals surface area contributed by atoms with Crippen LogP contribution in [0.15, 0.2) is 0 Å². The van der Waals surface area contributed by atoms with Gasteiger partial charge in [0.25, 0.3) is 0 Å². The molecule has 2 heteroatoms. The van der Waals surface area contributed by atoms with E-state index < -0.39 is 0 Å². The molecule has 174 valence electrons. The smallest absolute Gasteiger partial charge is 0.305 e. The van der Waals surface area contributed by atoms with Crippen molar-refractivity contribution in [1.29, 1.82) is 0 Å². The Hall–Kier alpha value is -0.530. The van der Waals surface area contributed by atoms with Gasteiger partial charge in [0, 0.05) is 6.42 Å². The zero-order valence-electron chi connectivity index (χ0n) is 20.5. The number of carbonyl (C=O) groups is 1. The van der Waals surface area contributed by atoms with Gasteiger partial charge in [-0.05, 0) is 18.8 Å². The normalized spacial score (nSPS) is 11.3. The van der Waals surface area contributed by atoms with Gasteiger partial charge < -0.3 is 4.74 Å². The standard InChI is InChI=1S/C27H54O2/c1-4-5-6-7-8-9-10-11-12-13-14-18-21-24-27(28)29-25-22-19-16-15-17-20-23-26(2)3/h26H,4-25H2,1-3H3. The molecule has 0 rings (SSSR count). The molecule has 0 aromatic carbocycles. The number of ether oxygens (including phenoxy) is 1. The average Bonchev–Trinajstić information content (AvgIpc) is 2.70. The van der Waals surface area contributed by atoms with Crippen LogP contribution in [0.4, 0.5) is 0 Å². The summed E-state index contributed by atoms with van der Waals surface area (Å²) in [4.78, 5) is 11.8. The highest BCUT2D eigenvalue weighted by Crippen LogP contribution is 2.14. The largest absolute Gasteiger partial charge is 0.466 e. The quantitative estimate of drug-likeness (QED) is 0.124. The van der Waals surface area contributed by atoms with Crippen LogP contribution in [0, 0.1) is 5.92 Å². The summed E-state index contributed by atoms with van der Waals surface area (Å²) in [5, 5.41) is 0. The number of carbonyl (C=O) groups excluding carboxylic acids is 1. The Morgan fingerprint density at radius 2 is 1.00 bits per heavy atom. The van der Waals surface area contributed by atoms with Crippen LogP contribution in [-0.4, -0.2) is 12.6 Å². The van der Waals surface area contributed by atoms with Gasteiger partial charge in [-0.2, -0.15) is 0 Å². The summed E-state index contributed by atoms with van der Waals surface area (Å²) in [7, 11) is 0. The molecule has 0 saturated carbocycles. The lowest BCUT2D eigenvalue weighted by molar-refractivity contribution is -0.143. The summed E-state index contributed by atoms with van der Waals surface area (Å²) >= 11 is 0. The first-order valence-corrected chi connectivity index (χ1v) is 13.3. The van der Waals surface area contributed by atoms with Crippen LogP contribution in [-0.2, 0) is 9.53 Å². The van der Waals surface area contributed by atoms with E-state index in [-0.39, 0.29) is 5.97 Å². The van der Waals surface area contributed by atoms with Crippen LogP contribution >= 0.6 is 0 Å². The van der Waals surface area contributed by atoms with Gasteiger partial charge in [0.2, 0.25) is 0 Å². The first-order chi connectivity index (χ1) is 14.2. The zero-order chi connectivity index (χ0) is 21.4. The lowest BCUT2D eigenvalue weighted by Crippen LogP contribution is -2.05. The van der Waals surface area contributed by atoms with Crippen molar-refractivity contribution >= 4 is 5.97 Å². The summed E-state index contributed by atoms with van der Waals surface area (Å²) in [6, 6.07) is 0. The fraction of sp³-hybridized carbons (Fsp3) is 0.963. The highest BCUT2D eigenvalue weighted by atomic mass is 16.5. The molecule has 0 spiro atoms. The van der Waals surface area contributed by atoms with E-state index in [0.29, 0.717) is 13.0 Å². The first-order valence-electron chi connectivity index (χ1n) is 13.3. The molecule has 0 aliphatic carbocycles. The third-order valence-electron chi connectivity index (χ3n) is 5.92. The highest BCUT2D eigenvalue weighted by Gasteiger charge is 2.02. The molecule has 0 unspecified atom stereocenters. The molecule has 0 radical (unpaired) electrons. The second-order valence-corrected chi connectivity index (χ2v) is 9.52. The van der Waals surface area contributed by atoms with Crippen molar-refractivity contribution in [2.45, 2.75) is 156 Å². The van der Waals surface area contributed by atoms with Crippen LogP contribution in [0.1, 0.15) is 156 Å². The minimum Gasteiger partial charge on any atom is -0.466 e. The number of hydrogen-bond donors (Lipinski definition) is 0. The van der Waals surface area contributed by atoms with Gasteiger partial charge in [0.15, 0.2) is 0 Å². The number of unbranched alkanes of at least 4 members (excludes halogenated alkanes) is 17. The molecule has 0 N–H and O–H groups in total. The number of esters is 1. The van der Waals surface area contributed by atoms with Crippen LogP contribution < -0.4 is 0 Å². The number of rotatable bonds is 23. The van der Waals surface area contributed by atoms with Gasteiger partial charge in [-0.1, -0.05) is 136 Å². The van der Waals surface area contributed by atoms with E-state index in [2.05, 4.69) is 20.8 Å². The topological polar surface area (TPSA) is 26.3 Å². The SMILES string of the molecule is CCCCCCCCCCCCCCCC(=O)OCCCCCCCCC(C)C. The van der Waals surface area contributed by atoms with Gasteiger partial charge in [-0.3, -0.25) is 4.79 Å². The van der Waals surface area contributed by atoms with Crippen molar-refractivity contribution in [3.63, 3.8) is 0 Å². The van der Waals surface area contributed by atoms with Crippen molar-refractivity contribution in [2.24, 2.45) is 5.92 Å². The van der Waals surface area contributed by atoms with Crippen LogP contribution in [0.5, 0.6) is 0 Å². The fourth-order valence-corrected chi connectivity index (χ4v) is 3.91. The van der Waals surface area contributed by atoms with Crippen molar-refractivity contribution in [1.82, 2.24) is 0 Å². The minimum atomic E-state index is 0.0185. The molecule has 0 saturated heterocycles. The van der Waals surface area contributed by atoms with E-state index >= 15 is 0 Å². The minimum absolute atomic E-state index is 0.0185. The third-order valence-corrected chi connectivity index (χ3v) is 5.92. The summed E-state index contributed by atoms with van der Waals surface area (Å²) in [6.07, 6.45) is 27.0. The molecule has 0 fully saturated rings. The molecular weight excluding hydrogens is 356 g/mol. The van der Waals surface area contributed by atoms with Crippen molar-refractivity contribution in [2.75, 3.05) is 6.61 Å². The Balaban J connectivity index is 3.15. The van der Waals surface area contributed by atoms with E-state index in [0.717, 1.165) is 18.8 Å². The van der Waals surface area contributed by atoms with Gasteiger partial charge in [-0.15, -0.1) is 0 Å². The van der Waals surface area contributed by atoms with Gasteiger partial charge in [0.05, 0.1) is 6.61 Å². The molecule has 0 bridgehead atoms. The van der Waals surface area contributed by atoms with Crippen molar-refractivity contribution < 1.29 is 9.53 Å². The fourth-order valence-electron chi connectivity index (χ4n) is 3.91. The molecular formula is C27H54O2. The molecule has 29 heavy (non-hydrogen) atoms. The van der Waals surface area contributed by atoms with Crippen LogP contribution in [0.2, 0.25) is 0 Å². The summed E-state index contributed by atoms with van der Waals surface area (Å²) < 4.78 is 5.37. The van der Waals surface area contributed by atoms with Crippen molar-refractivity contribution in [3.8, 4) is 0 Å². The maximum Gasteiger partial charge on any atom is 0.305 e. The summed E-state index contributed by atoms with van der Waals surface area (Å²) in [6.45, 7) is 7.50. The average molecular weight is 411 g/mol. The molecule has 0 amide bonds. The van der Waals surface area contributed by atoms with Gasteiger partial charge in [0.1, 0.15) is 0 Å². The second kappa shape index (κ2) is 23.7. The Labute approximate surface area is 184 Å². The summed E-state index contributed by atoms with van der Waals surface area (Å²) in [5.74, 6) is 0.856. The van der Waals surface area contributed by atoms with E-state index in [9.17, 15) is 4.79 Å². The Morgan fingerprint density at radius 1 is 0.586 bits per heavy atom. The molecule has 0 atom stereocenters. The molecule has 0 aromatic heterocycles. The highest BCUT2D eigenvalue weighted by molar-refractivity contribution is 5.69. The van der Waals surface area contributed by atoms with E-state index in [1.807, 2.05) is 0 Å². The lowest BCUT2D eigenvalue weighted by Gasteiger charge is -2.06. The lowest BCUT2D eigenvalue weighted by atomic mass is 10.0. The van der Waals surface area contributed by atoms with Gasteiger partial charge in [-0.25, -0.2) is 0 Å². The zero-order valence-corrected chi connectivity index (χ0v) is 20.5. The molecule has 0 heterocycles. The van der Waals surface area contributed by atoms with Gasteiger partial charge >= 0.3 is 5.97 Å². The molecule has 2 nitrogen and oxygen atoms in total.